The van der Waals surface area contributed by atoms with Gasteiger partial charge in [0.05, 0.1) is 12.7 Å². The number of amides is 3. The zero-order valence-electron chi connectivity index (χ0n) is 14.7. The van der Waals surface area contributed by atoms with Crippen molar-refractivity contribution in [1.29, 1.82) is 0 Å². The molecule has 1 saturated heterocycles. The van der Waals surface area contributed by atoms with Crippen molar-refractivity contribution in [2.45, 2.75) is 57.0 Å². The molecule has 11 heteroatoms. The highest BCUT2D eigenvalue weighted by Gasteiger charge is 2.39. The molecule has 1 rings (SSSR count). The zero-order chi connectivity index (χ0) is 20.0. The average Bonchev–Trinajstić information content (AvgIpc) is 3.07. The second-order valence-corrected chi connectivity index (χ2v) is 6.27. The number of carbonyl (C=O) groups is 4. The highest BCUT2D eigenvalue weighted by atomic mass is 16.4. The minimum atomic E-state index is -1.35. The first-order valence-corrected chi connectivity index (χ1v) is 8.28. The Morgan fingerprint density at radius 3 is 2.31 bits per heavy atom. The Balaban J connectivity index is 2.78. The van der Waals surface area contributed by atoms with Gasteiger partial charge in [0.15, 0.2) is 0 Å². The molecule has 7 N–H and O–H groups in total. The van der Waals surface area contributed by atoms with Crippen molar-refractivity contribution in [2.24, 2.45) is 5.73 Å². The Kier molecular flexibility index (Phi) is 7.93. The molecule has 1 aliphatic heterocycles. The van der Waals surface area contributed by atoms with Gasteiger partial charge in [-0.2, -0.15) is 0 Å². The van der Waals surface area contributed by atoms with E-state index in [1.165, 1.54) is 13.8 Å². The van der Waals surface area contributed by atoms with Crippen LogP contribution in [-0.4, -0.2) is 87.3 Å². The van der Waals surface area contributed by atoms with E-state index in [-0.39, 0.29) is 6.54 Å². The van der Waals surface area contributed by atoms with Crippen LogP contribution in [-0.2, 0) is 19.2 Å². The fourth-order valence-corrected chi connectivity index (χ4v) is 2.60. The maximum absolute atomic E-state index is 12.6. The number of nitrogens with one attached hydrogen (secondary N) is 2. The number of carboxylic acid groups (broad SMARTS) is 1. The third-order valence-corrected chi connectivity index (χ3v) is 4.15. The van der Waals surface area contributed by atoms with Crippen molar-refractivity contribution in [3.63, 3.8) is 0 Å². The fourth-order valence-electron chi connectivity index (χ4n) is 2.60. The number of nitrogens with two attached hydrogens (primary N) is 1. The number of hydrogen-bond acceptors (Lipinski definition) is 7. The number of aliphatic hydroxyl groups is 2. The Morgan fingerprint density at radius 1 is 1.19 bits per heavy atom. The van der Waals surface area contributed by atoms with Crippen LogP contribution in [0, 0.1) is 0 Å². The van der Waals surface area contributed by atoms with Gasteiger partial charge in [-0.1, -0.05) is 0 Å². The summed E-state index contributed by atoms with van der Waals surface area (Å²) in [5, 5.41) is 32.4. The number of nitrogens with zero attached hydrogens (tertiary/aromatic N) is 1. The van der Waals surface area contributed by atoms with Crippen LogP contribution in [0.3, 0.4) is 0 Å². The van der Waals surface area contributed by atoms with Crippen LogP contribution >= 0.6 is 0 Å². The molecule has 0 saturated carbocycles. The minimum absolute atomic E-state index is 0.215. The van der Waals surface area contributed by atoms with Gasteiger partial charge in [0.2, 0.25) is 17.7 Å². The van der Waals surface area contributed by atoms with Crippen LogP contribution in [0.2, 0.25) is 0 Å². The second kappa shape index (κ2) is 9.46. The third-order valence-electron chi connectivity index (χ3n) is 4.15. The zero-order valence-corrected chi connectivity index (χ0v) is 14.7. The van der Waals surface area contributed by atoms with E-state index in [1.807, 2.05) is 0 Å². The van der Waals surface area contributed by atoms with Gasteiger partial charge in [0, 0.05) is 6.54 Å². The first-order chi connectivity index (χ1) is 12.1. The Labute approximate surface area is 150 Å². The number of carboxylic acids is 1. The minimum Gasteiger partial charge on any atom is -0.480 e. The van der Waals surface area contributed by atoms with Gasteiger partial charge in [0.1, 0.15) is 24.2 Å². The summed E-state index contributed by atoms with van der Waals surface area (Å²) in [6.45, 7) is 2.25. The maximum Gasteiger partial charge on any atom is 0.326 e. The largest absolute Gasteiger partial charge is 0.480 e. The smallest absolute Gasteiger partial charge is 0.326 e. The van der Waals surface area contributed by atoms with Gasteiger partial charge in [-0.15, -0.1) is 0 Å². The lowest BCUT2D eigenvalue weighted by atomic mass is 10.1. The Morgan fingerprint density at radius 2 is 1.81 bits per heavy atom. The summed E-state index contributed by atoms with van der Waals surface area (Å²) in [5.41, 5.74) is 5.34. The van der Waals surface area contributed by atoms with Crippen molar-refractivity contribution < 1.29 is 34.5 Å². The molecule has 0 aromatic heterocycles. The van der Waals surface area contributed by atoms with Crippen LogP contribution in [0.25, 0.3) is 0 Å². The van der Waals surface area contributed by atoms with Crippen molar-refractivity contribution >= 4 is 23.7 Å². The standard InChI is InChI=1S/C15H26N4O7/c1-7(17-13(23)9(16)6-20)12(22)18-11(8(2)21)14(24)19-5-3-4-10(19)15(25)26/h7-11,20-21H,3-6,16H2,1-2H3,(H,17,23)(H,18,22)(H,25,26). The number of rotatable bonds is 8. The molecular formula is C15H26N4O7. The molecule has 0 aromatic rings. The third kappa shape index (κ3) is 5.38. The SMILES string of the molecule is CC(NC(=O)C(N)CO)C(=O)NC(C(=O)N1CCCC1C(=O)O)C(C)O. The van der Waals surface area contributed by atoms with E-state index in [1.54, 1.807) is 0 Å². The Hall–Kier alpha value is -2.24. The van der Waals surface area contributed by atoms with Gasteiger partial charge in [-0.25, -0.2) is 4.79 Å². The number of aliphatic carboxylic acids is 1. The van der Waals surface area contributed by atoms with Crippen molar-refractivity contribution in [1.82, 2.24) is 15.5 Å². The highest BCUT2D eigenvalue weighted by molar-refractivity contribution is 5.94. The van der Waals surface area contributed by atoms with E-state index in [2.05, 4.69) is 10.6 Å². The first-order valence-electron chi connectivity index (χ1n) is 8.28. The molecule has 1 fully saturated rings. The normalized spacial score (nSPS) is 21.4. The van der Waals surface area contributed by atoms with Gasteiger partial charge < -0.3 is 36.6 Å². The summed E-state index contributed by atoms with van der Waals surface area (Å²) in [5.74, 6) is -3.36. The van der Waals surface area contributed by atoms with Crippen molar-refractivity contribution in [3.05, 3.63) is 0 Å². The fraction of sp³-hybridized carbons (Fsp3) is 0.733. The van der Waals surface area contributed by atoms with Gasteiger partial charge in [0.25, 0.3) is 0 Å². The summed E-state index contributed by atoms with van der Waals surface area (Å²) in [6.07, 6.45) is -0.467. The molecule has 1 heterocycles. The highest BCUT2D eigenvalue weighted by Crippen LogP contribution is 2.19. The van der Waals surface area contributed by atoms with E-state index in [9.17, 15) is 29.4 Å². The molecule has 11 nitrogen and oxygen atoms in total. The van der Waals surface area contributed by atoms with Crippen molar-refractivity contribution in [3.8, 4) is 0 Å². The molecular weight excluding hydrogens is 348 g/mol. The van der Waals surface area contributed by atoms with Crippen LogP contribution in [0.1, 0.15) is 26.7 Å². The number of likely N-dealkylation sites (tertiary alicyclic amines) is 1. The molecule has 0 bridgehead atoms. The predicted octanol–water partition coefficient (Wildman–Crippen LogP) is -3.25. The lowest BCUT2D eigenvalue weighted by Crippen LogP contribution is -2.59. The molecule has 0 spiro atoms. The molecule has 0 aromatic carbocycles. The number of hydrogen-bond donors (Lipinski definition) is 6. The number of aliphatic hydroxyl groups excluding tert-OH is 2. The van der Waals surface area contributed by atoms with Gasteiger partial charge >= 0.3 is 5.97 Å². The lowest BCUT2D eigenvalue weighted by molar-refractivity contribution is -0.150. The predicted molar refractivity (Wildman–Crippen MR) is 88.6 cm³/mol. The molecule has 0 radical (unpaired) electrons. The summed E-state index contributed by atoms with van der Waals surface area (Å²) < 4.78 is 0. The monoisotopic (exact) mass is 374 g/mol. The molecule has 5 atom stereocenters. The lowest BCUT2D eigenvalue weighted by Gasteiger charge is -2.29. The van der Waals surface area contributed by atoms with Crippen LogP contribution < -0.4 is 16.4 Å². The van der Waals surface area contributed by atoms with Crippen LogP contribution in [0.4, 0.5) is 0 Å². The van der Waals surface area contributed by atoms with E-state index in [4.69, 9.17) is 10.8 Å². The topological polar surface area (TPSA) is 182 Å². The van der Waals surface area contributed by atoms with E-state index in [0.717, 1.165) is 4.90 Å². The summed E-state index contributed by atoms with van der Waals surface area (Å²) in [7, 11) is 0. The van der Waals surface area contributed by atoms with E-state index in [0.29, 0.717) is 12.8 Å². The molecule has 26 heavy (non-hydrogen) atoms. The molecule has 148 valence electrons. The van der Waals surface area contributed by atoms with E-state index >= 15 is 0 Å². The Bertz CT molecular complexity index is 554. The second-order valence-electron chi connectivity index (χ2n) is 6.27. The van der Waals surface area contributed by atoms with Gasteiger partial charge in [-0.3, -0.25) is 14.4 Å². The van der Waals surface area contributed by atoms with Gasteiger partial charge in [-0.05, 0) is 26.7 Å². The quantitative estimate of drug-likeness (QED) is 0.256. The average molecular weight is 374 g/mol. The summed E-state index contributed by atoms with van der Waals surface area (Å²) >= 11 is 0. The summed E-state index contributed by atoms with van der Waals surface area (Å²) in [6, 6.07) is -4.63. The molecule has 3 amide bonds. The van der Waals surface area contributed by atoms with E-state index < -0.39 is 60.6 Å². The summed E-state index contributed by atoms with van der Waals surface area (Å²) in [4.78, 5) is 48.7. The van der Waals surface area contributed by atoms with Crippen LogP contribution in [0.15, 0.2) is 0 Å². The number of carbonyl (C=O) groups excluding carboxylic acids is 3. The van der Waals surface area contributed by atoms with Crippen LogP contribution in [0.5, 0.6) is 0 Å². The van der Waals surface area contributed by atoms with Crippen molar-refractivity contribution in [2.75, 3.05) is 13.2 Å². The maximum atomic E-state index is 12.6. The molecule has 1 aliphatic rings. The first kappa shape index (κ1) is 21.8. The molecule has 0 aliphatic carbocycles. The molecule has 5 unspecified atom stereocenters.